The van der Waals surface area contributed by atoms with Gasteiger partial charge in [-0.25, -0.2) is 0 Å². The molecule has 0 bridgehead atoms. The summed E-state index contributed by atoms with van der Waals surface area (Å²) >= 11 is 0. The molecule has 0 aromatic carbocycles. The van der Waals surface area contributed by atoms with Crippen LogP contribution in [0.4, 0.5) is 0 Å². The maximum absolute atomic E-state index is 2.44. The minimum atomic E-state index is 0.997. The molecule has 0 N–H and O–H groups in total. The Morgan fingerprint density at radius 3 is 2.08 bits per heavy atom. The maximum Gasteiger partial charge on any atom is -0.0386 e. The lowest BCUT2D eigenvalue weighted by molar-refractivity contribution is 0.333. The molecule has 3 atom stereocenters. The van der Waals surface area contributed by atoms with Crippen molar-refractivity contribution >= 4 is 0 Å². The van der Waals surface area contributed by atoms with E-state index in [1.54, 1.807) is 0 Å². The molecule has 1 saturated carbocycles. The van der Waals surface area contributed by atoms with Crippen LogP contribution in [0.3, 0.4) is 0 Å². The zero-order valence-electron chi connectivity index (χ0n) is 10.3. The predicted molar refractivity (Wildman–Crippen MR) is 61.9 cm³/mol. The van der Waals surface area contributed by atoms with Crippen LogP contribution in [0.5, 0.6) is 0 Å². The first kappa shape index (κ1) is 13.0. The minimum absolute atomic E-state index is 0.997. The Balaban J connectivity index is 0.000000671. The Bertz CT molecular complexity index is 107. The van der Waals surface area contributed by atoms with E-state index in [2.05, 4.69) is 20.8 Å². The van der Waals surface area contributed by atoms with Gasteiger partial charge in [0.1, 0.15) is 0 Å². The molecule has 0 spiro atoms. The van der Waals surface area contributed by atoms with Crippen LogP contribution < -0.4 is 0 Å². The lowest BCUT2D eigenvalue weighted by atomic mass is 9.89. The van der Waals surface area contributed by atoms with Crippen molar-refractivity contribution in [3.63, 3.8) is 0 Å². The molecule has 0 nitrogen and oxygen atoms in total. The van der Waals surface area contributed by atoms with Crippen LogP contribution in [0.15, 0.2) is 0 Å². The molecule has 80 valence electrons. The molecule has 13 heavy (non-hydrogen) atoms. The Hall–Kier alpha value is 0. The topological polar surface area (TPSA) is 0 Å². The second-order valence-electron chi connectivity index (χ2n) is 4.32. The van der Waals surface area contributed by atoms with Crippen molar-refractivity contribution < 1.29 is 0 Å². The summed E-state index contributed by atoms with van der Waals surface area (Å²) in [5.74, 6) is 3.06. The van der Waals surface area contributed by atoms with Crippen LogP contribution in [0.2, 0.25) is 0 Å². The van der Waals surface area contributed by atoms with Crippen molar-refractivity contribution in [2.24, 2.45) is 17.8 Å². The highest BCUT2D eigenvalue weighted by molar-refractivity contribution is 4.79. The van der Waals surface area contributed by atoms with Crippen LogP contribution in [0.25, 0.3) is 0 Å². The van der Waals surface area contributed by atoms with Crippen molar-refractivity contribution in [2.45, 2.75) is 66.7 Å². The van der Waals surface area contributed by atoms with E-state index in [0.29, 0.717) is 0 Å². The van der Waals surface area contributed by atoms with Crippen LogP contribution in [0.1, 0.15) is 66.7 Å². The smallest absolute Gasteiger partial charge is 0.0386 e. The lowest BCUT2D eigenvalue weighted by Crippen LogP contribution is -2.08. The van der Waals surface area contributed by atoms with E-state index in [0.717, 1.165) is 17.8 Å². The highest BCUT2D eigenvalue weighted by Crippen LogP contribution is 2.38. The molecule has 0 aliphatic heterocycles. The number of hydrogen-bond donors (Lipinski definition) is 0. The third kappa shape index (κ3) is 4.15. The summed E-state index contributed by atoms with van der Waals surface area (Å²) in [6, 6.07) is 0. The van der Waals surface area contributed by atoms with Crippen molar-refractivity contribution in [1.29, 1.82) is 0 Å². The monoisotopic (exact) mass is 184 g/mol. The van der Waals surface area contributed by atoms with Crippen LogP contribution in [-0.4, -0.2) is 0 Å². The van der Waals surface area contributed by atoms with E-state index in [1.807, 2.05) is 13.8 Å². The molecular weight excluding hydrogens is 156 g/mol. The normalized spacial score (nSPS) is 32.5. The Labute approximate surface area is 85.1 Å². The third-order valence-electron chi connectivity index (χ3n) is 3.56. The molecule has 1 aliphatic rings. The van der Waals surface area contributed by atoms with E-state index in [4.69, 9.17) is 0 Å². The standard InChI is InChI=1S/C11H22.C2H6/c1-4-5-6-11-8-7-9(2)10(11)3;1-2/h9-11H,4-8H2,1-3H3;1-2H3. The van der Waals surface area contributed by atoms with Crippen LogP contribution in [-0.2, 0) is 0 Å². The van der Waals surface area contributed by atoms with Crippen molar-refractivity contribution in [3.05, 3.63) is 0 Å². The Kier molecular flexibility index (Phi) is 7.41. The van der Waals surface area contributed by atoms with Gasteiger partial charge in [0, 0.05) is 0 Å². The van der Waals surface area contributed by atoms with Gasteiger partial charge in [0.05, 0.1) is 0 Å². The summed E-state index contributed by atoms with van der Waals surface area (Å²) in [6.07, 6.45) is 7.29. The molecule has 0 radical (unpaired) electrons. The van der Waals surface area contributed by atoms with E-state index < -0.39 is 0 Å². The molecule has 0 aromatic heterocycles. The summed E-state index contributed by atoms with van der Waals surface area (Å²) in [5.41, 5.74) is 0. The number of hydrogen-bond acceptors (Lipinski definition) is 0. The van der Waals surface area contributed by atoms with Gasteiger partial charge in [0.2, 0.25) is 0 Å². The van der Waals surface area contributed by atoms with Gasteiger partial charge in [-0.3, -0.25) is 0 Å². The highest BCUT2D eigenvalue weighted by Gasteiger charge is 2.28. The minimum Gasteiger partial charge on any atom is -0.0683 e. The van der Waals surface area contributed by atoms with Crippen molar-refractivity contribution in [1.82, 2.24) is 0 Å². The average molecular weight is 184 g/mol. The van der Waals surface area contributed by atoms with Gasteiger partial charge in [-0.2, -0.15) is 0 Å². The number of rotatable bonds is 3. The molecule has 3 unspecified atom stereocenters. The highest BCUT2D eigenvalue weighted by atomic mass is 14.3. The van der Waals surface area contributed by atoms with Crippen molar-refractivity contribution in [2.75, 3.05) is 0 Å². The molecule has 0 heterocycles. The Morgan fingerprint density at radius 2 is 1.69 bits per heavy atom. The van der Waals surface area contributed by atoms with Crippen LogP contribution in [0, 0.1) is 17.8 Å². The third-order valence-corrected chi connectivity index (χ3v) is 3.56. The summed E-state index contributed by atoms with van der Waals surface area (Å²) in [6.45, 7) is 11.2. The van der Waals surface area contributed by atoms with Gasteiger partial charge in [-0.05, 0) is 24.2 Å². The molecule has 0 heteroatoms. The van der Waals surface area contributed by atoms with Gasteiger partial charge in [0.25, 0.3) is 0 Å². The predicted octanol–water partition coefficient (Wildman–Crippen LogP) is 4.89. The molecule has 1 aliphatic carbocycles. The van der Waals surface area contributed by atoms with E-state index in [9.17, 15) is 0 Å². The fourth-order valence-electron chi connectivity index (χ4n) is 2.34. The van der Waals surface area contributed by atoms with Gasteiger partial charge in [-0.15, -0.1) is 0 Å². The molecule has 1 fully saturated rings. The number of unbranched alkanes of at least 4 members (excludes halogenated alkanes) is 1. The fraction of sp³-hybridized carbons (Fsp3) is 1.00. The Morgan fingerprint density at radius 1 is 1.08 bits per heavy atom. The van der Waals surface area contributed by atoms with Gasteiger partial charge in [0.15, 0.2) is 0 Å². The van der Waals surface area contributed by atoms with Gasteiger partial charge < -0.3 is 0 Å². The zero-order chi connectivity index (χ0) is 10.3. The van der Waals surface area contributed by atoms with Gasteiger partial charge >= 0.3 is 0 Å². The summed E-state index contributed by atoms with van der Waals surface area (Å²) in [4.78, 5) is 0. The van der Waals surface area contributed by atoms with E-state index >= 15 is 0 Å². The summed E-state index contributed by atoms with van der Waals surface area (Å²) < 4.78 is 0. The first-order valence-corrected chi connectivity index (χ1v) is 6.25. The summed E-state index contributed by atoms with van der Waals surface area (Å²) in [5, 5.41) is 0. The second kappa shape index (κ2) is 7.41. The lowest BCUT2D eigenvalue weighted by Gasteiger charge is -2.17. The average Bonchev–Trinajstić information content (AvgIpc) is 2.48. The first-order chi connectivity index (χ1) is 6.25. The quantitative estimate of drug-likeness (QED) is 0.586. The molecule has 0 amide bonds. The van der Waals surface area contributed by atoms with E-state index in [-0.39, 0.29) is 0 Å². The largest absolute Gasteiger partial charge is 0.0683 e. The second-order valence-corrected chi connectivity index (χ2v) is 4.32. The van der Waals surface area contributed by atoms with E-state index in [1.165, 1.54) is 32.1 Å². The molecule has 1 rings (SSSR count). The molecule has 0 saturated heterocycles. The van der Waals surface area contributed by atoms with Crippen LogP contribution >= 0.6 is 0 Å². The van der Waals surface area contributed by atoms with Crippen molar-refractivity contribution in [3.8, 4) is 0 Å². The summed E-state index contributed by atoms with van der Waals surface area (Å²) in [7, 11) is 0. The molecule has 0 aromatic rings. The maximum atomic E-state index is 2.44. The molecular formula is C13H28. The SMILES string of the molecule is CC.CCCCC1CCC(C)C1C. The zero-order valence-corrected chi connectivity index (χ0v) is 10.3. The first-order valence-electron chi connectivity index (χ1n) is 6.25. The van der Waals surface area contributed by atoms with Gasteiger partial charge in [-0.1, -0.05) is 60.3 Å². The fourth-order valence-corrected chi connectivity index (χ4v) is 2.34.